The van der Waals surface area contributed by atoms with Crippen molar-refractivity contribution in [2.45, 2.75) is 45.1 Å². The van der Waals surface area contributed by atoms with Gasteiger partial charge in [0.2, 0.25) is 0 Å². The lowest BCUT2D eigenvalue weighted by atomic mass is 10.1. The minimum atomic E-state index is -0.00224. The average molecular weight is 218 g/mol. The van der Waals surface area contributed by atoms with Crippen LogP contribution in [0, 0.1) is 0 Å². The third-order valence-electron chi connectivity index (χ3n) is 3.29. The molecule has 2 nitrogen and oxygen atoms in total. The van der Waals surface area contributed by atoms with Gasteiger partial charge in [-0.1, -0.05) is 0 Å². The maximum absolute atomic E-state index is 11.1. The first-order valence-electron chi connectivity index (χ1n) is 5.89. The number of rotatable bonds is 3. The van der Waals surface area contributed by atoms with Crippen LogP contribution in [0.15, 0.2) is 24.3 Å². The Morgan fingerprint density at radius 1 is 1.19 bits per heavy atom. The van der Waals surface area contributed by atoms with Gasteiger partial charge in [0.05, 0.1) is 0 Å². The summed E-state index contributed by atoms with van der Waals surface area (Å²) in [5.41, 5.74) is 0.738. The normalized spacial score (nSPS) is 18.4. The Balaban J connectivity index is 2.07. The number of carbonyl (C=O) groups is 1. The molecule has 1 aliphatic rings. The summed E-state index contributed by atoms with van der Waals surface area (Å²) in [6.07, 6.45) is 4.76. The summed E-state index contributed by atoms with van der Waals surface area (Å²) in [5, 5.41) is 0. The molecule has 0 radical (unpaired) electrons. The molecule has 0 unspecified atom stereocenters. The van der Waals surface area contributed by atoms with E-state index < -0.39 is 0 Å². The standard InChI is InChI=1S/C14H18O2/c1-11(15)12-5-7-13(8-6-12)16-14(2)9-3-4-10-14/h5-8H,3-4,9-10H2,1-2H3. The second kappa shape index (κ2) is 4.28. The van der Waals surface area contributed by atoms with Crippen molar-refractivity contribution in [3.63, 3.8) is 0 Å². The van der Waals surface area contributed by atoms with E-state index in [4.69, 9.17) is 4.74 Å². The first-order valence-corrected chi connectivity index (χ1v) is 5.89. The summed E-state index contributed by atoms with van der Waals surface area (Å²) in [6, 6.07) is 7.44. The first kappa shape index (κ1) is 11.2. The van der Waals surface area contributed by atoms with E-state index in [1.54, 1.807) is 6.92 Å². The lowest BCUT2D eigenvalue weighted by Gasteiger charge is -2.25. The van der Waals surface area contributed by atoms with Crippen molar-refractivity contribution in [1.82, 2.24) is 0 Å². The Kier molecular flexibility index (Phi) is 2.99. The van der Waals surface area contributed by atoms with Gasteiger partial charge in [0.1, 0.15) is 11.4 Å². The molecule has 1 aromatic rings. The highest BCUT2D eigenvalue weighted by Crippen LogP contribution is 2.33. The Bertz CT molecular complexity index is 372. The van der Waals surface area contributed by atoms with Gasteiger partial charge in [-0.05, 0) is 63.8 Å². The highest BCUT2D eigenvalue weighted by Gasteiger charge is 2.30. The molecule has 0 atom stereocenters. The maximum Gasteiger partial charge on any atom is 0.159 e. The molecule has 1 fully saturated rings. The molecule has 2 rings (SSSR count). The zero-order valence-corrected chi connectivity index (χ0v) is 9.95. The topological polar surface area (TPSA) is 26.3 Å². The lowest BCUT2D eigenvalue weighted by molar-refractivity contribution is 0.0967. The number of hydrogen-bond donors (Lipinski definition) is 0. The third kappa shape index (κ3) is 2.43. The van der Waals surface area contributed by atoms with Crippen LogP contribution in [-0.2, 0) is 0 Å². The summed E-state index contributed by atoms with van der Waals surface area (Å²) >= 11 is 0. The number of Topliss-reactive ketones (excluding diaryl/α,β-unsaturated/α-hetero) is 1. The molecule has 0 heterocycles. The fourth-order valence-corrected chi connectivity index (χ4v) is 2.27. The van der Waals surface area contributed by atoms with E-state index in [1.165, 1.54) is 12.8 Å². The molecule has 1 aromatic carbocycles. The van der Waals surface area contributed by atoms with E-state index in [0.717, 1.165) is 24.2 Å². The van der Waals surface area contributed by atoms with Crippen molar-refractivity contribution in [3.05, 3.63) is 29.8 Å². The van der Waals surface area contributed by atoms with Crippen molar-refractivity contribution in [3.8, 4) is 5.75 Å². The fourth-order valence-electron chi connectivity index (χ4n) is 2.27. The molecule has 2 heteroatoms. The second-order valence-corrected chi connectivity index (χ2v) is 4.84. The minimum Gasteiger partial charge on any atom is -0.488 e. The van der Waals surface area contributed by atoms with Crippen LogP contribution in [0.5, 0.6) is 5.75 Å². The van der Waals surface area contributed by atoms with E-state index in [9.17, 15) is 4.79 Å². The van der Waals surface area contributed by atoms with Crippen LogP contribution in [0.1, 0.15) is 49.9 Å². The van der Waals surface area contributed by atoms with Gasteiger partial charge in [0, 0.05) is 5.56 Å². The van der Waals surface area contributed by atoms with Gasteiger partial charge in [-0.3, -0.25) is 4.79 Å². The lowest BCUT2D eigenvalue weighted by Crippen LogP contribution is -2.27. The second-order valence-electron chi connectivity index (χ2n) is 4.84. The highest BCUT2D eigenvalue weighted by molar-refractivity contribution is 5.94. The molecule has 86 valence electrons. The van der Waals surface area contributed by atoms with E-state index >= 15 is 0 Å². The molecule has 1 aliphatic carbocycles. The van der Waals surface area contributed by atoms with Gasteiger partial charge in [0.25, 0.3) is 0 Å². The summed E-state index contributed by atoms with van der Waals surface area (Å²) in [4.78, 5) is 11.1. The average Bonchev–Trinajstić information content (AvgIpc) is 2.65. The monoisotopic (exact) mass is 218 g/mol. The molecule has 0 N–H and O–H groups in total. The summed E-state index contributed by atoms with van der Waals surface area (Å²) in [5.74, 6) is 0.966. The van der Waals surface area contributed by atoms with Crippen LogP contribution in [0.3, 0.4) is 0 Å². The van der Waals surface area contributed by atoms with Gasteiger partial charge in [0.15, 0.2) is 5.78 Å². The summed E-state index contributed by atoms with van der Waals surface area (Å²) in [6.45, 7) is 3.74. The van der Waals surface area contributed by atoms with E-state index in [0.29, 0.717) is 0 Å². The molecule has 1 saturated carbocycles. The van der Waals surface area contributed by atoms with Crippen molar-refractivity contribution < 1.29 is 9.53 Å². The molecular formula is C14H18O2. The van der Waals surface area contributed by atoms with E-state index in [2.05, 4.69) is 6.92 Å². The number of hydrogen-bond acceptors (Lipinski definition) is 2. The molecule has 0 aliphatic heterocycles. The molecule has 16 heavy (non-hydrogen) atoms. The Hall–Kier alpha value is -1.31. The van der Waals surface area contributed by atoms with Crippen molar-refractivity contribution in [1.29, 1.82) is 0 Å². The zero-order chi connectivity index (χ0) is 11.6. The Morgan fingerprint density at radius 3 is 2.25 bits per heavy atom. The van der Waals surface area contributed by atoms with E-state index in [-0.39, 0.29) is 11.4 Å². The molecule has 0 spiro atoms. The number of benzene rings is 1. The number of ether oxygens (including phenoxy) is 1. The molecule has 0 aromatic heterocycles. The van der Waals surface area contributed by atoms with Crippen LogP contribution in [0.2, 0.25) is 0 Å². The Labute approximate surface area is 96.6 Å². The third-order valence-corrected chi connectivity index (χ3v) is 3.29. The minimum absolute atomic E-state index is 0.00224. The molecular weight excluding hydrogens is 200 g/mol. The fraction of sp³-hybridized carbons (Fsp3) is 0.500. The zero-order valence-electron chi connectivity index (χ0n) is 9.95. The predicted molar refractivity (Wildman–Crippen MR) is 63.9 cm³/mol. The maximum atomic E-state index is 11.1. The molecule has 0 saturated heterocycles. The molecule has 0 amide bonds. The van der Waals surface area contributed by atoms with Crippen molar-refractivity contribution in [2.24, 2.45) is 0 Å². The molecule has 0 bridgehead atoms. The van der Waals surface area contributed by atoms with Gasteiger partial charge < -0.3 is 4.74 Å². The predicted octanol–water partition coefficient (Wildman–Crippen LogP) is 3.60. The van der Waals surface area contributed by atoms with Crippen molar-refractivity contribution >= 4 is 5.78 Å². The van der Waals surface area contributed by atoms with Crippen LogP contribution in [-0.4, -0.2) is 11.4 Å². The summed E-state index contributed by atoms with van der Waals surface area (Å²) in [7, 11) is 0. The SMILES string of the molecule is CC(=O)c1ccc(OC2(C)CCCC2)cc1. The number of carbonyl (C=O) groups excluding carboxylic acids is 1. The number of ketones is 1. The smallest absolute Gasteiger partial charge is 0.159 e. The van der Waals surface area contributed by atoms with Crippen LogP contribution in [0.4, 0.5) is 0 Å². The van der Waals surface area contributed by atoms with E-state index in [1.807, 2.05) is 24.3 Å². The largest absolute Gasteiger partial charge is 0.488 e. The van der Waals surface area contributed by atoms with Crippen LogP contribution < -0.4 is 4.74 Å². The van der Waals surface area contributed by atoms with Gasteiger partial charge in [-0.15, -0.1) is 0 Å². The van der Waals surface area contributed by atoms with Crippen molar-refractivity contribution in [2.75, 3.05) is 0 Å². The van der Waals surface area contributed by atoms with Crippen LogP contribution >= 0.6 is 0 Å². The summed E-state index contributed by atoms with van der Waals surface area (Å²) < 4.78 is 5.99. The van der Waals surface area contributed by atoms with Gasteiger partial charge >= 0.3 is 0 Å². The highest BCUT2D eigenvalue weighted by atomic mass is 16.5. The quantitative estimate of drug-likeness (QED) is 0.724. The van der Waals surface area contributed by atoms with Crippen LogP contribution in [0.25, 0.3) is 0 Å². The Morgan fingerprint density at radius 2 is 1.75 bits per heavy atom. The van der Waals surface area contributed by atoms with Gasteiger partial charge in [-0.25, -0.2) is 0 Å². The first-order chi connectivity index (χ1) is 7.59. The van der Waals surface area contributed by atoms with Gasteiger partial charge in [-0.2, -0.15) is 0 Å².